The molecular formula is C10H12N2O6S. The predicted octanol–water partition coefficient (Wildman–Crippen LogP) is 0.717. The van der Waals surface area contributed by atoms with Crippen molar-refractivity contribution in [1.82, 2.24) is 4.98 Å². The number of esters is 1. The molecule has 19 heavy (non-hydrogen) atoms. The van der Waals surface area contributed by atoms with Gasteiger partial charge in [-0.1, -0.05) is 6.92 Å². The predicted molar refractivity (Wildman–Crippen MR) is 64.2 cm³/mol. The molecule has 0 N–H and O–H groups in total. The van der Waals surface area contributed by atoms with E-state index in [-0.39, 0.29) is 23.7 Å². The van der Waals surface area contributed by atoms with Crippen LogP contribution in [0.4, 0.5) is 5.69 Å². The van der Waals surface area contributed by atoms with Crippen molar-refractivity contribution in [3.8, 4) is 0 Å². The van der Waals surface area contributed by atoms with Crippen molar-refractivity contribution >= 4 is 21.5 Å². The second kappa shape index (κ2) is 6.23. The zero-order valence-electron chi connectivity index (χ0n) is 10.1. The molecule has 1 heterocycles. The van der Waals surface area contributed by atoms with Crippen LogP contribution in [-0.2, 0) is 19.4 Å². The molecule has 0 aliphatic heterocycles. The first-order valence-electron chi connectivity index (χ1n) is 5.35. The topological polar surface area (TPSA) is 116 Å². The van der Waals surface area contributed by atoms with Crippen LogP contribution in [0, 0.1) is 10.1 Å². The summed E-state index contributed by atoms with van der Waals surface area (Å²) in [6.07, 6.45) is 1.03. The van der Waals surface area contributed by atoms with Crippen LogP contribution in [0.3, 0.4) is 0 Å². The largest absolute Gasteiger partial charge is 0.465 e. The Morgan fingerprint density at radius 2 is 2.16 bits per heavy atom. The molecule has 0 aliphatic rings. The first-order valence-corrected chi connectivity index (χ1v) is 7.01. The number of aromatic nitrogens is 1. The zero-order valence-corrected chi connectivity index (χ0v) is 10.9. The standard InChI is InChI=1S/C10H12N2O6S/c1-2-10(13)18-5-6-19(16,17)9-4-3-8(7-11-9)12(14)15/h3-4,7H,2,5-6H2,1H3. The van der Waals surface area contributed by atoms with Crippen molar-refractivity contribution in [3.05, 3.63) is 28.4 Å². The highest BCUT2D eigenvalue weighted by Gasteiger charge is 2.18. The van der Waals surface area contributed by atoms with Crippen LogP contribution in [0.15, 0.2) is 23.4 Å². The summed E-state index contributed by atoms with van der Waals surface area (Å²) in [4.78, 5) is 24.1. The quantitative estimate of drug-likeness (QED) is 0.430. The molecule has 0 unspecified atom stereocenters. The second-order valence-corrected chi connectivity index (χ2v) is 5.56. The maximum Gasteiger partial charge on any atom is 0.305 e. The first kappa shape index (κ1) is 15.0. The molecule has 0 spiro atoms. The van der Waals surface area contributed by atoms with Gasteiger partial charge < -0.3 is 4.74 Å². The van der Waals surface area contributed by atoms with E-state index in [1.54, 1.807) is 6.92 Å². The highest BCUT2D eigenvalue weighted by molar-refractivity contribution is 7.91. The molecule has 0 radical (unpaired) electrons. The van der Waals surface area contributed by atoms with Gasteiger partial charge >= 0.3 is 5.97 Å². The van der Waals surface area contributed by atoms with E-state index in [0.717, 1.165) is 18.3 Å². The molecule has 104 valence electrons. The lowest BCUT2D eigenvalue weighted by atomic mass is 10.4. The fourth-order valence-corrected chi connectivity index (χ4v) is 2.14. The number of rotatable bonds is 6. The zero-order chi connectivity index (χ0) is 14.5. The Labute approximate surface area is 109 Å². The van der Waals surface area contributed by atoms with E-state index in [9.17, 15) is 23.3 Å². The van der Waals surface area contributed by atoms with E-state index in [1.807, 2.05) is 0 Å². The van der Waals surface area contributed by atoms with Crippen molar-refractivity contribution in [2.75, 3.05) is 12.4 Å². The van der Waals surface area contributed by atoms with Crippen LogP contribution < -0.4 is 0 Å². The lowest BCUT2D eigenvalue weighted by molar-refractivity contribution is -0.385. The Bertz CT molecular complexity index is 566. The third kappa shape index (κ3) is 4.28. The highest BCUT2D eigenvalue weighted by Crippen LogP contribution is 2.13. The molecule has 0 aliphatic carbocycles. The van der Waals surface area contributed by atoms with Crippen molar-refractivity contribution in [2.24, 2.45) is 0 Å². The Kier molecular flexibility index (Phi) is 4.93. The SMILES string of the molecule is CCC(=O)OCCS(=O)(=O)c1ccc([N+](=O)[O-])cn1. The van der Waals surface area contributed by atoms with Gasteiger partial charge in [0.15, 0.2) is 14.9 Å². The monoisotopic (exact) mass is 288 g/mol. The minimum atomic E-state index is -3.72. The average molecular weight is 288 g/mol. The summed E-state index contributed by atoms with van der Waals surface area (Å²) in [6, 6.07) is 2.10. The minimum Gasteiger partial charge on any atom is -0.465 e. The van der Waals surface area contributed by atoms with Gasteiger partial charge in [0.2, 0.25) is 0 Å². The average Bonchev–Trinajstić information content (AvgIpc) is 2.38. The number of carbonyl (C=O) groups is 1. The molecule has 0 amide bonds. The fourth-order valence-electron chi connectivity index (χ4n) is 1.14. The van der Waals surface area contributed by atoms with Gasteiger partial charge in [0.1, 0.15) is 12.8 Å². The van der Waals surface area contributed by atoms with Crippen LogP contribution in [0.1, 0.15) is 13.3 Å². The summed E-state index contributed by atoms with van der Waals surface area (Å²) in [5.74, 6) is -0.907. The van der Waals surface area contributed by atoms with Gasteiger partial charge in [0.05, 0.1) is 10.7 Å². The molecule has 0 saturated heterocycles. The number of ether oxygens (including phenoxy) is 1. The van der Waals surface area contributed by atoms with Crippen LogP contribution in [0.25, 0.3) is 0 Å². The number of carbonyl (C=O) groups excluding carboxylic acids is 1. The molecule has 0 fully saturated rings. The Hall–Kier alpha value is -2.03. The van der Waals surface area contributed by atoms with Gasteiger partial charge in [-0.25, -0.2) is 13.4 Å². The van der Waals surface area contributed by atoms with Crippen molar-refractivity contribution in [1.29, 1.82) is 0 Å². The maximum absolute atomic E-state index is 11.8. The number of sulfone groups is 1. The third-order valence-electron chi connectivity index (χ3n) is 2.15. The number of nitro groups is 1. The smallest absolute Gasteiger partial charge is 0.305 e. The Balaban J connectivity index is 2.72. The Morgan fingerprint density at radius 3 is 2.63 bits per heavy atom. The summed E-state index contributed by atoms with van der Waals surface area (Å²) in [7, 11) is -3.72. The molecule has 1 aromatic rings. The summed E-state index contributed by atoms with van der Waals surface area (Å²) < 4.78 is 28.2. The van der Waals surface area contributed by atoms with Crippen LogP contribution in [-0.4, -0.2) is 36.7 Å². The normalized spacial score (nSPS) is 11.0. The number of hydrogen-bond donors (Lipinski definition) is 0. The third-order valence-corrected chi connectivity index (χ3v) is 3.74. The van der Waals surface area contributed by atoms with Gasteiger partial charge in [-0.15, -0.1) is 0 Å². The lowest BCUT2D eigenvalue weighted by Crippen LogP contribution is -2.16. The number of pyridine rings is 1. The molecule has 0 aromatic carbocycles. The van der Waals surface area contributed by atoms with Crippen molar-refractivity contribution in [2.45, 2.75) is 18.4 Å². The first-order chi connectivity index (χ1) is 8.86. The fraction of sp³-hybridized carbons (Fsp3) is 0.400. The molecule has 1 rings (SSSR count). The van der Waals surface area contributed by atoms with E-state index >= 15 is 0 Å². The summed E-state index contributed by atoms with van der Waals surface area (Å²) in [5.41, 5.74) is -0.295. The van der Waals surface area contributed by atoms with Crippen LogP contribution >= 0.6 is 0 Å². The van der Waals surface area contributed by atoms with Crippen molar-refractivity contribution in [3.63, 3.8) is 0 Å². The summed E-state index contributed by atoms with van der Waals surface area (Å²) in [6.45, 7) is 1.32. The molecule has 0 atom stereocenters. The minimum absolute atomic E-state index is 0.163. The Morgan fingerprint density at radius 1 is 1.47 bits per heavy atom. The van der Waals surface area contributed by atoms with Gasteiger partial charge in [0.25, 0.3) is 5.69 Å². The van der Waals surface area contributed by atoms with Crippen LogP contribution in [0.5, 0.6) is 0 Å². The molecule has 0 bridgehead atoms. The molecule has 9 heteroatoms. The summed E-state index contributed by atoms with van der Waals surface area (Å²) >= 11 is 0. The molecule has 8 nitrogen and oxygen atoms in total. The summed E-state index contributed by atoms with van der Waals surface area (Å²) in [5, 5.41) is 10.1. The molecule has 1 aromatic heterocycles. The maximum atomic E-state index is 11.8. The molecular weight excluding hydrogens is 276 g/mol. The van der Waals surface area contributed by atoms with E-state index in [2.05, 4.69) is 9.72 Å². The van der Waals surface area contributed by atoms with Gasteiger partial charge in [-0.3, -0.25) is 14.9 Å². The van der Waals surface area contributed by atoms with E-state index in [4.69, 9.17) is 0 Å². The van der Waals surface area contributed by atoms with E-state index in [1.165, 1.54) is 0 Å². The molecule has 0 saturated carbocycles. The van der Waals surface area contributed by atoms with E-state index in [0.29, 0.717) is 0 Å². The highest BCUT2D eigenvalue weighted by atomic mass is 32.2. The second-order valence-electron chi connectivity index (χ2n) is 3.50. The number of hydrogen-bond acceptors (Lipinski definition) is 7. The van der Waals surface area contributed by atoms with Gasteiger partial charge in [-0.2, -0.15) is 0 Å². The van der Waals surface area contributed by atoms with Crippen LogP contribution in [0.2, 0.25) is 0 Å². The van der Waals surface area contributed by atoms with Gasteiger partial charge in [0, 0.05) is 12.5 Å². The van der Waals surface area contributed by atoms with E-state index < -0.39 is 26.5 Å². The van der Waals surface area contributed by atoms with Crippen molar-refractivity contribution < 1.29 is 22.9 Å². The lowest BCUT2D eigenvalue weighted by Gasteiger charge is -2.04. The number of nitrogens with zero attached hydrogens (tertiary/aromatic N) is 2. The van der Waals surface area contributed by atoms with Gasteiger partial charge in [-0.05, 0) is 6.07 Å².